The van der Waals surface area contributed by atoms with Crippen molar-refractivity contribution >= 4 is 28.3 Å². The summed E-state index contributed by atoms with van der Waals surface area (Å²) in [6, 6.07) is 0. The van der Waals surface area contributed by atoms with E-state index in [1.165, 1.54) is 25.2 Å². The van der Waals surface area contributed by atoms with Gasteiger partial charge in [-0.25, -0.2) is 0 Å². The number of rotatable bonds is 2. The molecule has 0 saturated heterocycles. The zero-order valence-electron chi connectivity index (χ0n) is 8.07. The minimum absolute atomic E-state index is 0.384. The van der Waals surface area contributed by atoms with Crippen LogP contribution in [-0.2, 0) is 9.59 Å². The molecule has 0 unspecified atom stereocenters. The van der Waals surface area contributed by atoms with Gasteiger partial charge >= 0.3 is 0 Å². The van der Waals surface area contributed by atoms with Crippen molar-refractivity contribution in [2.45, 2.75) is 20.8 Å². The number of aromatic nitrogens is 2. The molecule has 0 aliphatic heterocycles. The van der Waals surface area contributed by atoms with Gasteiger partial charge in [-0.1, -0.05) is 11.3 Å². The molecule has 1 N–H and O–H groups in total. The van der Waals surface area contributed by atoms with Crippen molar-refractivity contribution in [3.63, 3.8) is 0 Å². The Kier molecular flexibility index (Phi) is 3.13. The van der Waals surface area contributed by atoms with Gasteiger partial charge in [0.2, 0.25) is 16.9 Å². The molecule has 1 aromatic heterocycles. The Bertz CT molecular complexity index is 348. The molecule has 0 saturated carbocycles. The normalized spacial score (nSPS) is 9.64. The average molecular weight is 214 g/mol. The molecule has 0 aliphatic rings. The van der Waals surface area contributed by atoms with Crippen molar-refractivity contribution in [2.24, 2.45) is 0 Å². The molecule has 0 fully saturated rings. The summed E-state index contributed by atoms with van der Waals surface area (Å²) < 4.78 is 0. The van der Waals surface area contributed by atoms with Gasteiger partial charge in [0, 0.05) is 13.8 Å². The van der Waals surface area contributed by atoms with Gasteiger partial charge in [0.05, 0.1) is 0 Å². The Morgan fingerprint density at radius 3 is 2.21 bits per heavy atom. The highest BCUT2D eigenvalue weighted by Crippen LogP contribution is 2.14. The van der Waals surface area contributed by atoms with E-state index in [9.17, 15) is 9.59 Å². The molecule has 1 rings (SSSR count). The summed E-state index contributed by atoms with van der Waals surface area (Å²) in [5.74, 6) is -0.768. The van der Waals surface area contributed by atoms with E-state index in [-0.39, 0.29) is 11.8 Å². The number of aryl methyl sites for hydroxylation is 1. The predicted molar refractivity (Wildman–Crippen MR) is 51.5 cm³/mol. The summed E-state index contributed by atoms with van der Waals surface area (Å²) in [4.78, 5) is 22.0. The lowest BCUT2D eigenvalue weighted by Gasteiger charge is -2.16. The first-order chi connectivity index (χ1) is 6.50. The maximum Gasteiger partial charge on any atom is 0.245 e. The molecule has 0 atom stereocenters. The third-order valence-electron chi connectivity index (χ3n) is 1.36. The van der Waals surface area contributed by atoms with Gasteiger partial charge in [0.25, 0.3) is 0 Å². The van der Waals surface area contributed by atoms with E-state index in [4.69, 9.17) is 0 Å². The molecule has 0 spiro atoms. The highest BCUT2D eigenvalue weighted by atomic mass is 32.1. The Morgan fingerprint density at radius 1 is 1.29 bits per heavy atom. The topological polar surface area (TPSA) is 75.2 Å². The van der Waals surface area contributed by atoms with Crippen molar-refractivity contribution in [1.29, 1.82) is 0 Å². The number of amides is 2. The van der Waals surface area contributed by atoms with Gasteiger partial charge in [0.15, 0.2) is 0 Å². The second-order valence-corrected chi connectivity index (χ2v) is 3.79. The van der Waals surface area contributed by atoms with Crippen molar-refractivity contribution in [1.82, 2.24) is 15.2 Å². The number of carbonyl (C=O) groups is 2. The highest BCUT2D eigenvalue weighted by Gasteiger charge is 2.15. The fourth-order valence-electron chi connectivity index (χ4n) is 0.817. The Hall–Kier alpha value is -1.50. The third-order valence-corrected chi connectivity index (χ3v) is 2.11. The van der Waals surface area contributed by atoms with Crippen LogP contribution >= 0.6 is 11.3 Å². The molecule has 0 aliphatic carbocycles. The molecule has 7 heteroatoms. The lowest BCUT2D eigenvalue weighted by Crippen LogP contribution is -2.38. The summed E-state index contributed by atoms with van der Waals surface area (Å²) in [6.45, 7) is 4.37. The van der Waals surface area contributed by atoms with E-state index in [0.717, 1.165) is 10.0 Å². The van der Waals surface area contributed by atoms with Gasteiger partial charge in [-0.05, 0) is 6.92 Å². The monoisotopic (exact) mass is 214 g/mol. The van der Waals surface area contributed by atoms with Crippen LogP contribution in [0.3, 0.4) is 0 Å². The highest BCUT2D eigenvalue weighted by molar-refractivity contribution is 7.15. The average Bonchev–Trinajstić information content (AvgIpc) is 2.46. The fraction of sp³-hybridized carbons (Fsp3) is 0.429. The van der Waals surface area contributed by atoms with Crippen molar-refractivity contribution in [2.75, 3.05) is 5.43 Å². The lowest BCUT2D eigenvalue weighted by atomic mass is 10.6. The van der Waals surface area contributed by atoms with Crippen LogP contribution in [0.25, 0.3) is 0 Å². The first-order valence-electron chi connectivity index (χ1n) is 3.88. The molecule has 6 nitrogen and oxygen atoms in total. The predicted octanol–water partition coefficient (Wildman–Crippen LogP) is 0.568. The minimum atomic E-state index is -0.384. The Labute approximate surface area is 84.9 Å². The van der Waals surface area contributed by atoms with E-state index in [2.05, 4.69) is 15.6 Å². The van der Waals surface area contributed by atoms with Crippen molar-refractivity contribution in [3.05, 3.63) is 5.01 Å². The van der Waals surface area contributed by atoms with E-state index in [1.807, 2.05) is 0 Å². The molecule has 0 radical (unpaired) electrons. The number of hydrogen-bond donors (Lipinski definition) is 1. The van der Waals surface area contributed by atoms with Gasteiger partial charge in [0.1, 0.15) is 5.01 Å². The quantitative estimate of drug-likeness (QED) is 0.728. The first kappa shape index (κ1) is 10.6. The molecule has 1 heterocycles. The van der Waals surface area contributed by atoms with Crippen LogP contribution in [0.5, 0.6) is 0 Å². The maximum atomic E-state index is 11.0. The van der Waals surface area contributed by atoms with Crippen molar-refractivity contribution in [3.8, 4) is 0 Å². The summed E-state index contributed by atoms with van der Waals surface area (Å²) in [5.41, 5.74) is 2.58. The largest absolute Gasteiger partial charge is 0.273 e. The van der Waals surface area contributed by atoms with E-state index >= 15 is 0 Å². The molecule has 76 valence electrons. The van der Waals surface area contributed by atoms with Gasteiger partial charge in [-0.2, -0.15) is 5.01 Å². The molecule has 0 bridgehead atoms. The summed E-state index contributed by atoms with van der Waals surface area (Å²) >= 11 is 1.27. The van der Waals surface area contributed by atoms with E-state index < -0.39 is 0 Å². The van der Waals surface area contributed by atoms with Crippen molar-refractivity contribution < 1.29 is 9.59 Å². The van der Waals surface area contributed by atoms with Gasteiger partial charge in [-0.3, -0.25) is 15.0 Å². The Balaban J connectivity index is 2.74. The number of nitrogens with zero attached hydrogens (tertiary/aromatic N) is 3. The summed E-state index contributed by atoms with van der Waals surface area (Å²) in [6.07, 6.45) is 0. The fourth-order valence-corrected chi connectivity index (χ4v) is 1.40. The molecule has 1 aromatic rings. The third kappa shape index (κ3) is 2.49. The van der Waals surface area contributed by atoms with E-state index in [0.29, 0.717) is 5.13 Å². The standard InChI is InChI=1S/C7H10N4O2S/c1-4-8-9-7(14-4)10-11(5(2)12)6(3)13/h1-3H3,(H,9,10). The number of anilines is 1. The van der Waals surface area contributed by atoms with Crippen LogP contribution in [0.15, 0.2) is 0 Å². The lowest BCUT2D eigenvalue weighted by molar-refractivity contribution is -0.140. The number of nitrogens with one attached hydrogen (secondary N) is 1. The second-order valence-electron chi connectivity index (χ2n) is 2.61. The molecular weight excluding hydrogens is 204 g/mol. The number of carbonyl (C=O) groups excluding carboxylic acids is 2. The molecule has 0 aromatic carbocycles. The molecule has 2 amide bonds. The minimum Gasteiger partial charge on any atom is -0.273 e. The smallest absolute Gasteiger partial charge is 0.245 e. The van der Waals surface area contributed by atoms with Crippen LogP contribution < -0.4 is 5.43 Å². The number of hydrazine groups is 1. The van der Waals surface area contributed by atoms with Crippen LogP contribution in [0.2, 0.25) is 0 Å². The SMILES string of the molecule is CC(=O)N(Nc1nnc(C)s1)C(C)=O. The summed E-state index contributed by atoms with van der Waals surface area (Å²) in [5, 5.41) is 9.55. The first-order valence-corrected chi connectivity index (χ1v) is 4.70. The van der Waals surface area contributed by atoms with Gasteiger partial charge < -0.3 is 0 Å². The second kappa shape index (κ2) is 4.14. The van der Waals surface area contributed by atoms with Crippen LogP contribution in [-0.4, -0.2) is 27.0 Å². The van der Waals surface area contributed by atoms with Crippen LogP contribution in [0.4, 0.5) is 5.13 Å². The van der Waals surface area contributed by atoms with Crippen LogP contribution in [0.1, 0.15) is 18.9 Å². The molecule has 14 heavy (non-hydrogen) atoms. The summed E-state index contributed by atoms with van der Waals surface area (Å²) in [7, 11) is 0. The zero-order valence-corrected chi connectivity index (χ0v) is 8.88. The van der Waals surface area contributed by atoms with E-state index in [1.54, 1.807) is 6.92 Å². The van der Waals surface area contributed by atoms with Gasteiger partial charge in [-0.15, -0.1) is 10.2 Å². The maximum absolute atomic E-state index is 11.0. The van der Waals surface area contributed by atoms with Crippen LogP contribution in [0, 0.1) is 6.92 Å². The number of hydrogen-bond acceptors (Lipinski definition) is 6. The Morgan fingerprint density at radius 2 is 1.86 bits per heavy atom. The number of imide groups is 1. The molecular formula is C7H10N4O2S. The zero-order chi connectivity index (χ0) is 10.7.